The predicted molar refractivity (Wildman–Crippen MR) is 144 cm³/mol. The molecular formula is C30H27N6O. The molecule has 0 spiro atoms. The van der Waals surface area contributed by atoms with Crippen LogP contribution >= 0.6 is 0 Å². The molecule has 7 nitrogen and oxygen atoms in total. The Morgan fingerprint density at radius 1 is 0.730 bits per heavy atom. The molecule has 37 heavy (non-hydrogen) atoms. The number of aromatic nitrogens is 5. The van der Waals surface area contributed by atoms with Crippen molar-refractivity contribution in [2.24, 2.45) is 0 Å². The molecule has 1 radical (unpaired) electrons. The summed E-state index contributed by atoms with van der Waals surface area (Å²) in [4.78, 5) is 16.8. The second-order valence-electron chi connectivity index (χ2n) is 9.52. The number of nitrogens with zero attached hydrogens (tertiary/aromatic N) is 6. The predicted octanol–water partition coefficient (Wildman–Crippen LogP) is 5.46. The fourth-order valence-corrected chi connectivity index (χ4v) is 5.14. The van der Waals surface area contributed by atoms with E-state index in [2.05, 4.69) is 58.4 Å². The molecule has 1 saturated carbocycles. The smallest absolute Gasteiger partial charge is 0.255 e. The van der Waals surface area contributed by atoms with Gasteiger partial charge in [0.25, 0.3) is 5.78 Å². The maximum atomic E-state index is 5.71. The van der Waals surface area contributed by atoms with Crippen LogP contribution in [0.3, 0.4) is 0 Å². The number of ether oxygens (including phenoxy) is 1. The minimum Gasteiger partial charge on any atom is -0.378 e. The number of hydrogen-bond acceptors (Lipinski definition) is 6. The van der Waals surface area contributed by atoms with Crippen LogP contribution in [-0.4, -0.2) is 50.9 Å². The maximum Gasteiger partial charge on any atom is 0.255 e. The van der Waals surface area contributed by atoms with Gasteiger partial charge in [-0.3, -0.25) is 4.98 Å². The summed E-state index contributed by atoms with van der Waals surface area (Å²) in [6, 6.07) is 25.1. The normalized spacial score (nSPS) is 16.2. The fraction of sp³-hybridized carbons (Fsp3) is 0.233. The maximum absolute atomic E-state index is 5.71. The Bertz CT molecular complexity index is 1520. The van der Waals surface area contributed by atoms with Crippen LogP contribution in [0.15, 0.2) is 79.0 Å². The number of rotatable bonds is 5. The highest BCUT2D eigenvalue weighted by molar-refractivity contribution is 5.90. The van der Waals surface area contributed by atoms with Crippen LogP contribution in [0.25, 0.3) is 39.7 Å². The van der Waals surface area contributed by atoms with Crippen molar-refractivity contribution in [2.75, 3.05) is 31.2 Å². The zero-order chi connectivity index (χ0) is 24.6. The van der Waals surface area contributed by atoms with Gasteiger partial charge in [-0.25, -0.2) is 4.98 Å². The van der Waals surface area contributed by atoms with Crippen molar-refractivity contribution in [3.05, 3.63) is 90.5 Å². The SMILES string of the molecule is c1ccc(-c2c(-c3ccc([C]4CCC4)cc3)nc3nc(-c4ccccn4)nn3c2N2CCOCC2)cc1. The molecular weight excluding hydrogens is 460 g/mol. The van der Waals surface area contributed by atoms with E-state index < -0.39 is 0 Å². The Kier molecular flexibility index (Phi) is 5.63. The minimum atomic E-state index is 0.564. The van der Waals surface area contributed by atoms with E-state index in [0.717, 1.165) is 47.0 Å². The second-order valence-corrected chi connectivity index (χ2v) is 9.52. The summed E-state index contributed by atoms with van der Waals surface area (Å²) >= 11 is 0. The Labute approximate surface area is 215 Å². The monoisotopic (exact) mass is 487 g/mol. The van der Waals surface area contributed by atoms with Crippen molar-refractivity contribution < 1.29 is 4.74 Å². The van der Waals surface area contributed by atoms with Gasteiger partial charge in [0.05, 0.1) is 24.5 Å². The second kappa shape index (κ2) is 9.41. The lowest BCUT2D eigenvalue weighted by molar-refractivity contribution is 0.122. The molecule has 0 unspecified atom stereocenters. The van der Waals surface area contributed by atoms with Crippen molar-refractivity contribution in [2.45, 2.75) is 19.3 Å². The van der Waals surface area contributed by atoms with Crippen molar-refractivity contribution in [1.29, 1.82) is 0 Å². The number of morpholine rings is 1. The first kappa shape index (κ1) is 22.1. The lowest BCUT2D eigenvalue weighted by atomic mass is 9.80. The fourth-order valence-electron chi connectivity index (χ4n) is 5.14. The highest BCUT2D eigenvalue weighted by atomic mass is 16.5. The highest BCUT2D eigenvalue weighted by Crippen LogP contribution is 2.41. The van der Waals surface area contributed by atoms with Crippen LogP contribution in [0.5, 0.6) is 0 Å². The van der Waals surface area contributed by atoms with Gasteiger partial charge in [0.15, 0.2) is 0 Å². The van der Waals surface area contributed by atoms with Gasteiger partial charge in [0.2, 0.25) is 5.82 Å². The van der Waals surface area contributed by atoms with Gasteiger partial charge in [-0.2, -0.15) is 9.50 Å². The van der Waals surface area contributed by atoms with Crippen LogP contribution in [0.2, 0.25) is 0 Å². The molecule has 1 aliphatic heterocycles. The lowest BCUT2D eigenvalue weighted by Crippen LogP contribution is -2.38. The van der Waals surface area contributed by atoms with Crippen molar-refractivity contribution in [1.82, 2.24) is 24.6 Å². The number of benzene rings is 2. The number of anilines is 1. The van der Waals surface area contributed by atoms with E-state index in [0.29, 0.717) is 24.8 Å². The molecule has 1 saturated heterocycles. The Balaban J connectivity index is 1.48. The number of fused-ring (bicyclic) bond motifs is 1. The Hall–Kier alpha value is -4.10. The number of hydrogen-bond donors (Lipinski definition) is 0. The summed E-state index contributed by atoms with van der Waals surface area (Å²) < 4.78 is 7.59. The zero-order valence-electron chi connectivity index (χ0n) is 20.5. The van der Waals surface area contributed by atoms with Crippen LogP contribution in [0, 0.1) is 5.92 Å². The molecule has 0 atom stereocenters. The zero-order valence-corrected chi connectivity index (χ0v) is 20.5. The van der Waals surface area contributed by atoms with E-state index in [4.69, 9.17) is 19.8 Å². The molecule has 183 valence electrons. The summed E-state index contributed by atoms with van der Waals surface area (Å²) in [5.41, 5.74) is 6.20. The van der Waals surface area contributed by atoms with Crippen LogP contribution in [0.4, 0.5) is 5.82 Å². The summed E-state index contributed by atoms with van der Waals surface area (Å²) in [6.45, 7) is 2.88. The van der Waals surface area contributed by atoms with Crippen molar-refractivity contribution in [3.63, 3.8) is 0 Å². The van der Waals surface area contributed by atoms with E-state index in [9.17, 15) is 0 Å². The first-order chi connectivity index (χ1) is 18.3. The van der Waals surface area contributed by atoms with Gasteiger partial charge >= 0.3 is 0 Å². The molecule has 4 heterocycles. The van der Waals surface area contributed by atoms with Crippen molar-refractivity contribution in [3.8, 4) is 33.9 Å². The standard InChI is InChI=1S/C30H27N6O/c1-2-7-23(8-3-1)26-27(24-14-12-22(13-15-24)21-9-6-10-21)32-30-33-28(25-11-4-5-16-31-25)34-36(30)29(26)35-17-19-37-20-18-35/h1-5,7-8,11-16H,6,9-10,17-20H2. The van der Waals surface area contributed by atoms with Gasteiger partial charge in [-0.05, 0) is 36.1 Å². The summed E-state index contributed by atoms with van der Waals surface area (Å²) in [6.07, 6.45) is 5.47. The summed E-state index contributed by atoms with van der Waals surface area (Å²) in [7, 11) is 0. The van der Waals surface area contributed by atoms with E-state index >= 15 is 0 Å². The van der Waals surface area contributed by atoms with Crippen LogP contribution in [0.1, 0.15) is 24.8 Å². The molecule has 5 aromatic rings. The summed E-state index contributed by atoms with van der Waals surface area (Å²) in [5, 5.41) is 4.93. The number of pyridine rings is 1. The topological polar surface area (TPSA) is 68.4 Å². The Morgan fingerprint density at radius 2 is 1.49 bits per heavy atom. The average molecular weight is 488 g/mol. The minimum absolute atomic E-state index is 0.564. The molecule has 0 bridgehead atoms. The first-order valence-corrected chi connectivity index (χ1v) is 12.9. The molecule has 7 heteroatoms. The third kappa shape index (κ3) is 4.05. The lowest BCUT2D eigenvalue weighted by Gasteiger charge is -2.31. The van der Waals surface area contributed by atoms with E-state index in [1.807, 2.05) is 28.8 Å². The molecule has 3 aromatic heterocycles. The van der Waals surface area contributed by atoms with Gasteiger partial charge < -0.3 is 9.64 Å². The molecule has 2 fully saturated rings. The molecule has 2 aliphatic rings. The third-order valence-corrected chi connectivity index (χ3v) is 7.25. The molecule has 0 N–H and O–H groups in total. The van der Waals surface area contributed by atoms with E-state index in [1.165, 1.54) is 24.8 Å². The van der Waals surface area contributed by atoms with Crippen molar-refractivity contribution >= 4 is 11.6 Å². The molecule has 0 amide bonds. The van der Waals surface area contributed by atoms with Gasteiger partial charge in [-0.15, -0.1) is 5.10 Å². The first-order valence-electron chi connectivity index (χ1n) is 12.9. The van der Waals surface area contributed by atoms with Gasteiger partial charge in [0, 0.05) is 30.8 Å². The van der Waals surface area contributed by atoms with E-state index in [1.54, 1.807) is 12.1 Å². The molecule has 7 rings (SSSR count). The largest absolute Gasteiger partial charge is 0.378 e. The molecule has 2 aromatic carbocycles. The van der Waals surface area contributed by atoms with Crippen LogP contribution in [-0.2, 0) is 4.74 Å². The van der Waals surface area contributed by atoms with Gasteiger partial charge in [0.1, 0.15) is 11.5 Å². The third-order valence-electron chi connectivity index (χ3n) is 7.25. The van der Waals surface area contributed by atoms with Crippen LogP contribution < -0.4 is 4.90 Å². The van der Waals surface area contributed by atoms with E-state index in [-0.39, 0.29) is 0 Å². The summed E-state index contributed by atoms with van der Waals surface area (Å²) in [5.74, 6) is 3.66. The highest BCUT2D eigenvalue weighted by Gasteiger charge is 2.27. The van der Waals surface area contributed by atoms with Gasteiger partial charge in [-0.1, -0.05) is 67.1 Å². The average Bonchev–Trinajstić information content (AvgIpc) is 3.37. The quantitative estimate of drug-likeness (QED) is 0.328. The Morgan fingerprint density at radius 3 is 2.19 bits per heavy atom. The molecule has 1 aliphatic carbocycles.